The van der Waals surface area contributed by atoms with Gasteiger partial charge in [-0.15, -0.1) is 5.10 Å². The smallest absolute Gasteiger partial charge is 0.252 e. The topological polar surface area (TPSA) is 65.6 Å². The van der Waals surface area contributed by atoms with E-state index in [2.05, 4.69) is 15.3 Å². The molecule has 0 fully saturated rings. The van der Waals surface area contributed by atoms with E-state index in [-0.39, 0.29) is 16.8 Å². The molecule has 34 heavy (non-hydrogen) atoms. The molecular weight excluding hydrogens is 476 g/mol. The van der Waals surface area contributed by atoms with Crippen molar-refractivity contribution in [3.8, 4) is 11.1 Å². The van der Waals surface area contributed by atoms with Gasteiger partial charge in [0, 0.05) is 47.4 Å². The molecule has 0 radical (unpaired) electrons. The van der Waals surface area contributed by atoms with E-state index in [9.17, 15) is 4.79 Å². The SMILES string of the molecule is Cn1nncc1C(F)(c1ccc(Cl)cc1)c1cnc2c(c1)c(-c1cccc(Cl)c1)cc(=O)n2C. The second-order valence-corrected chi connectivity index (χ2v) is 8.84. The number of nitrogens with zero attached hydrogens (tertiary/aromatic N) is 5. The monoisotopic (exact) mass is 493 g/mol. The lowest BCUT2D eigenvalue weighted by atomic mass is 9.85. The molecule has 0 saturated heterocycles. The maximum absolute atomic E-state index is 17.2. The molecule has 9 heteroatoms. The molecule has 0 aliphatic rings. The molecule has 0 amide bonds. The van der Waals surface area contributed by atoms with E-state index in [1.165, 1.54) is 27.7 Å². The first-order valence-electron chi connectivity index (χ1n) is 10.4. The van der Waals surface area contributed by atoms with Crippen molar-refractivity contribution < 1.29 is 4.39 Å². The zero-order valence-electron chi connectivity index (χ0n) is 18.2. The minimum atomic E-state index is -2.13. The van der Waals surface area contributed by atoms with Gasteiger partial charge in [-0.3, -0.25) is 9.36 Å². The fourth-order valence-electron chi connectivity index (χ4n) is 4.15. The van der Waals surface area contributed by atoms with E-state index in [4.69, 9.17) is 23.2 Å². The predicted octanol–water partition coefficient (Wildman–Crippen LogP) is 5.30. The van der Waals surface area contributed by atoms with Crippen molar-refractivity contribution in [3.63, 3.8) is 0 Å². The summed E-state index contributed by atoms with van der Waals surface area (Å²) in [5.74, 6) is 0. The highest BCUT2D eigenvalue weighted by Crippen LogP contribution is 2.42. The fraction of sp³-hybridized carbons (Fsp3) is 0.120. The lowest BCUT2D eigenvalue weighted by Crippen LogP contribution is -2.27. The van der Waals surface area contributed by atoms with Gasteiger partial charge in [0.05, 0.1) is 6.20 Å². The van der Waals surface area contributed by atoms with Crippen molar-refractivity contribution in [2.24, 2.45) is 14.1 Å². The molecule has 1 unspecified atom stereocenters. The molecule has 2 aromatic carbocycles. The molecular formula is C25H18Cl2FN5O. The number of alkyl halides is 1. The van der Waals surface area contributed by atoms with Crippen LogP contribution in [0.25, 0.3) is 22.2 Å². The molecule has 0 aliphatic heterocycles. The molecule has 170 valence electrons. The van der Waals surface area contributed by atoms with Crippen LogP contribution >= 0.6 is 23.2 Å². The second kappa shape index (κ2) is 8.34. The average Bonchev–Trinajstić information content (AvgIpc) is 3.27. The summed E-state index contributed by atoms with van der Waals surface area (Å²) < 4.78 is 20.1. The number of hydrogen-bond donors (Lipinski definition) is 0. The second-order valence-electron chi connectivity index (χ2n) is 7.97. The van der Waals surface area contributed by atoms with Gasteiger partial charge in [0.1, 0.15) is 11.3 Å². The quantitative estimate of drug-likeness (QED) is 0.340. The number of aryl methyl sites for hydroxylation is 2. The minimum Gasteiger partial charge on any atom is -0.296 e. The number of hydrogen-bond acceptors (Lipinski definition) is 4. The Hall–Kier alpha value is -3.55. The lowest BCUT2D eigenvalue weighted by Gasteiger charge is -2.26. The van der Waals surface area contributed by atoms with E-state index in [0.29, 0.717) is 32.2 Å². The van der Waals surface area contributed by atoms with Crippen LogP contribution in [0, 0.1) is 0 Å². The first-order chi connectivity index (χ1) is 16.3. The van der Waals surface area contributed by atoms with Gasteiger partial charge in [0.25, 0.3) is 5.56 Å². The van der Waals surface area contributed by atoms with Crippen LogP contribution < -0.4 is 5.56 Å². The molecule has 0 aliphatic carbocycles. The Morgan fingerprint density at radius 2 is 1.68 bits per heavy atom. The van der Waals surface area contributed by atoms with Crippen LogP contribution in [-0.4, -0.2) is 24.5 Å². The summed E-state index contributed by atoms with van der Waals surface area (Å²) in [5, 5.41) is 9.44. The lowest BCUT2D eigenvalue weighted by molar-refractivity contribution is 0.263. The molecule has 0 spiro atoms. The predicted molar refractivity (Wildman–Crippen MR) is 131 cm³/mol. The highest BCUT2D eigenvalue weighted by atomic mass is 35.5. The first-order valence-corrected chi connectivity index (χ1v) is 11.1. The van der Waals surface area contributed by atoms with E-state index >= 15 is 4.39 Å². The Kier molecular flexibility index (Phi) is 5.46. The fourth-order valence-corrected chi connectivity index (χ4v) is 4.47. The maximum Gasteiger partial charge on any atom is 0.252 e. The van der Waals surface area contributed by atoms with Crippen LogP contribution in [0.5, 0.6) is 0 Å². The van der Waals surface area contributed by atoms with Crippen LogP contribution in [0.15, 0.2) is 77.9 Å². The molecule has 5 aromatic rings. The Morgan fingerprint density at radius 3 is 2.35 bits per heavy atom. The van der Waals surface area contributed by atoms with Gasteiger partial charge in [-0.1, -0.05) is 52.7 Å². The van der Waals surface area contributed by atoms with Crippen LogP contribution in [0.3, 0.4) is 0 Å². The van der Waals surface area contributed by atoms with Gasteiger partial charge in [0.2, 0.25) is 5.67 Å². The molecule has 5 rings (SSSR count). The van der Waals surface area contributed by atoms with E-state index in [1.54, 1.807) is 62.6 Å². The van der Waals surface area contributed by atoms with Crippen LogP contribution in [-0.2, 0) is 19.8 Å². The Morgan fingerprint density at radius 1 is 0.912 bits per heavy atom. The summed E-state index contributed by atoms with van der Waals surface area (Å²) in [5.41, 5.74) is 0.224. The number of pyridine rings is 2. The Labute approximate surface area is 204 Å². The third kappa shape index (κ3) is 3.57. The molecule has 6 nitrogen and oxygen atoms in total. The van der Waals surface area contributed by atoms with Gasteiger partial charge in [0.15, 0.2) is 0 Å². The summed E-state index contributed by atoms with van der Waals surface area (Å²) in [6.07, 6.45) is 2.82. The molecule has 3 aromatic heterocycles. The normalized spacial score (nSPS) is 13.2. The van der Waals surface area contributed by atoms with Crippen LogP contribution in [0.4, 0.5) is 4.39 Å². The van der Waals surface area contributed by atoms with Crippen molar-refractivity contribution in [3.05, 3.63) is 110 Å². The van der Waals surface area contributed by atoms with Gasteiger partial charge >= 0.3 is 0 Å². The van der Waals surface area contributed by atoms with Crippen LogP contribution in [0.1, 0.15) is 16.8 Å². The third-order valence-electron chi connectivity index (χ3n) is 5.92. The van der Waals surface area contributed by atoms with E-state index in [1.807, 2.05) is 6.07 Å². The summed E-state index contributed by atoms with van der Waals surface area (Å²) in [6.45, 7) is 0. The molecule has 0 bridgehead atoms. The summed E-state index contributed by atoms with van der Waals surface area (Å²) in [4.78, 5) is 17.2. The van der Waals surface area contributed by atoms with E-state index < -0.39 is 5.67 Å². The largest absolute Gasteiger partial charge is 0.296 e. The minimum absolute atomic E-state index is 0.227. The first kappa shape index (κ1) is 22.3. The van der Waals surface area contributed by atoms with Gasteiger partial charge in [-0.25, -0.2) is 14.1 Å². The zero-order valence-corrected chi connectivity index (χ0v) is 19.7. The number of fused-ring (bicyclic) bond motifs is 1. The number of benzene rings is 2. The summed E-state index contributed by atoms with van der Waals surface area (Å²) >= 11 is 12.3. The van der Waals surface area contributed by atoms with Crippen LogP contribution in [0.2, 0.25) is 10.0 Å². The number of halogens is 3. The number of rotatable bonds is 4. The van der Waals surface area contributed by atoms with Crippen molar-refractivity contribution in [2.45, 2.75) is 5.67 Å². The van der Waals surface area contributed by atoms with Gasteiger partial charge < -0.3 is 0 Å². The van der Waals surface area contributed by atoms with Crippen molar-refractivity contribution in [1.29, 1.82) is 0 Å². The highest BCUT2D eigenvalue weighted by molar-refractivity contribution is 6.31. The van der Waals surface area contributed by atoms with E-state index in [0.717, 1.165) is 5.56 Å². The maximum atomic E-state index is 17.2. The van der Waals surface area contributed by atoms with Crippen molar-refractivity contribution >= 4 is 34.2 Å². The van der Waals surface area contributed by atoms with Gasteiger partial charge in [-0.05, 0) is 47.0 Å². The summed E-state index contributed by atoms with van der Waals surface area (Å²) in [7, 11) is 3.26. The molecule has 0 saturated carbocycles. The number of aromatic nitrogens is 5. The molecule has 3 heterocycles. The van der Waals surface area contributed by atoms with Gasteiger partial charge in [-0.2, -0.15) is 0 Å². The third-order valence-corrected chi connectivity index (χ3v) is 6.40. The van der Waals surface area contributed by atoms with Crippen molar-refractivity contribution in [2.75, 3.05) is 0 Å². The molecule has 0 N–H and O–H groups in total. The van der Waals surface area contributed by atoms with Crippen molar-refractivity contribution in [1.82, 2.24) is 24.5 Å². The average molecular weight is 494 g/mol. The summed E-state index contributed by atoms with van der Waals surface area (Å²) in [6, 6.07) is 16.9. The highest BCUT2D eigenvalue weighted by Gasteiger charge is 2.40. The standard InChI is InChI=1S/C25H18Cl2FN5O/c1-32-23(34)12-20(15-4-3-5-19(27)10-15)21-11-17(13-29-24(21)32)25(28,22-14-30-31-33(22)2)16-6-8-18(26)9-7-16/h3-14H,1-2H3. The zero-order chi connectivity index (χ0) is 24.0. The Bertz CT molecular complexity index is 1600. The molecule has 1 atom stereocenters. The Balaban J connectivity index is 1.84.